The fourth-order valence-corrected chi connectivity index (χ4v) is 2.70. The lowest BCUT2D eigenvalue weighted by atomic mass is 10.0. The highest BCUT2D eigenvalue weighted by atomic mass is 35.5. The predicted octanol–water partition coefficient (Wildman–Crippen LogP) is 2.59. The standard InChI is InChI=1S/C16H20N2O2.ClH/c1-3-14-13(12-6-4-5-7-15(12)20-14)10-18(2)16(19)11-8-17-9-11;/h4-7,11,17H,3,8-10H2,1-2H3;1H. The van der Waals surface area contributed by atoms with Crippen LogP contribution in [0.25, 0.3) is 11.0 Å². The molecule has 0 atom stereocenters. The fourth-order valence-electron chi connectivity index (χ4n) is 2.70. The van der Waals surface area contributed by atoms with E-state index in [1.54, 1.807) is 0 Å². The third-order valence-corrected chi connectivity index (χ3v) is 4.01. The molecule has 5 heteroatoms. The van der Waals surface area contributed by atoms with Gasteiger partial charge in [-0.25, -0.2) is 0 Å². The number of para-hydroxylation sites is 1. The normalized spacial score (nSPS) is 14.6. The highest BCUT2D eigenvalue weighted by molar-refractivity contribution is 5.85. The van der Waals surface area contributed by atoms with Gasteiger partial charge in [0.05, 0.1) is 5.92 Å². The SMILES string of the molecule is CCc1oc2ccccc2c1CN(C)C(=O)C1CNC1.Cl. The summed E-state index contributed by atoms with van der Waals surface area (Å²) in [7, 11) is 1.88. The van der Waals surface area contributed by atoms with E-state index in [0.29, 0.717) is 6.54 Å². The van der Waals surface area contributed by atoms with Crippen molar-refractivity contribution in [2.24, 2.45) is 5.92 Å². The average Bonchev–Trinajstić information content (AvgIpc) is 2.75. The van der Waals surface area contributed by atoms with Gasteiger partial charge in [-0.2, -0.15) is 0 Å². The number of carbonyl (C=O) groups excluding carboxylic acids is 1. The van der Waals surface area contributed by atoms with Crippen molar-refractivity contribution in [2.75, 3.05) is 20.1 Å². The van der Waals surface area contributed by atoms with Gasteiger partial charge in [-0.15, -0.1) is 12.4 Å². The van der Waals surface area contributed by atoms with Crippen molar-refractivity contribution >= 4 is 29.3 Å². The van der Waals surface area contributed by atoms with Crippen LogP contribution in [0, 0.1) is 5.92 Å². The summed E-state index contributed by atoms with van der Waals surface area (Å²) in [5.74, 6) is 1.34. The van der Waals surface area contributed by atoms with Crippen LogP contribution < -0.4 is 5.32 Å². The molecule has 21 heavy (non-hydrogen) atoms. The maximum atomic E-state index is 12.2. The van der Waals surface area contributed by atoms with Gasteiger partial charge >= 0.3 is 0 Å². The Morgan fingerprint density at radius 1 is 1.38 bits per heavy atom. The summed E-state index contributed by atoms with van der Waals surface area (Å²) >= 11 is 0. The summed E-state index contributed by atoms with van der Waals surface area (Å²) in [4.78, 5) is 14.1. The van der Waals surface area contributed by atoms with E-state index in [4.69, 9.17) is 4.42 Å². The Labute approximate surface area is 130 Å². The summed E-state index contributed by atoms with van der Waals surface area (Å²) in [6.07, 6.45) is 0.844. The number of nitrogens with zero attached hydrogens (tertiary/aromatic N) is 1. The van der Waals surface area contributed by atoms with E-state index in [0.717, 1.165) is 41.8 Å². The number of furan rings is 1. The van der Waals surface area contributed by atoms with Gasteiger partial charge in [-0.1, -0.05) is 25.1 Å². The van der Waals surface area contributed by atoms with Crippen LogP contribution in [0.4, 0.5) is 0 Å². The van der Waals surface area contributed by atoms with Gasteiger partial charge in [0, 0.05) is 44.1 Å². The summed E-state index contributed by atoms with van der Waals surface area (Å²) in [5, 5.41) is 4.26. The molecular formula is C16H21ClN2O2. The number of halogens is 1. The quantitative estimate of drug-likeness (QED) is 0.944. The van der Waals surface area contributed by atoms with Gasteiger partial charge in [0.25, 0.3) is 0 Å². The molecule has 3 rings (SSSR count). The van der Waals surface area contributed by atoms with E-state index >= 15 is 0 Å². The number of fused-ring (bicyclic) bond motifs is 1. The summed E-state index contributed by atoms with van der Waals surface area (Å²) in [5.41, 5.74) is 2.05. The van der Waals surface area contributed by atoms with Crippen LogP contribution in [0.2, 0.25) is 0 Å². The molecule has 1 aliphatic rings. The lowest BCUT2D eigenvalue weighted by molar-refractivity contribution is -0.136. The van der Waals surface area contributed by atoms with E-state index in [1.165, 1.54) is 0 Å². The molecule has 1 aromatic heterocycles. The molecule has 0 aliphatic carbocycles. The molecule has 0 unspecified atom stereocenters. The molecule has 1 fully saturated rings. The summed E-state index contributed by atoms with van der Waals surface area (Å²) in [6.45, 7) is 4.31. The van der Waals surface area contributed by atoms with Gasteiger partial charge in [-0.3, -0.25) is 4.79 Å². The average molecular weight is 309 g/mol. The Bertz CT molecular complexity index is 634. The molecule has 1 aromatic carbocycles. The molecule has 0 saturated carbocycles. The maximum absolute atomic E-state index is 12.2. The number of carbonyl (C=O) groups is 1. The molecule has 1 amide bonds. The Morgan fingerprint density at radius 3 is 2.71 bits per heavy atom. The Balaban J connectivity index is 0.00000161. The zero-order valence-electron chi connectivity index (χ0n) is 12.4. The van der Waals surface area contributed by atoms with Crippen LogP contribution in [0.1, 0.15) is 18.2 Å². The molecule has 4 nitrogen and oxygen atoms in total. The molecule has 2 aromatic rings. The monoisotopic (exact) mass is 308 g/mol. The molecule has 1 saturated heterocycles. The minimum atomic E-state index is 0. The molecule has 0 radical (unpaired) electrons. The first-order valence-electron chi connectivity index (χ1n) is 7.15. The largest absolute Gasteiger partial charge is 0.461 e. The van der Waals surface area contributed by atoms with Crippen LogP contribution in [-0.4, -0.2) is 30.9 Å². The van der Waals surface area contributed by atoms with Crippen molar-refractivity contribution in [1.82, 2.24) is 10.2 Å². The van der Waals surface area contributed by atoms with Crippen molar-refractivity contribution < 1.29 is 9.21 Å². The van der Waals surface area contributed by atoms with Crippen LogP contribution in [0.15, 0.2) is 28.7 Å². The molecule has 1 aliphatic heterocycles. The summed E-state index contributed by atoms with van der Waals surface area (Å²) in [6, 6.07) is 8.04. The maximum Gasteiger partial charge on any atom is 0.228 e. The topological polar surface area (TPSA) is 45.5 Å². The van der Waals surface area contributed by atoms with Crippen molar-refractivity contribution in [3.05, 3.63) is 35.6 Å². The molecule has 114 valence electrons. The first kappa shape index (κ1) is 15.9. The second-order valence-electron chi connectivity index (χ2n) is 5.40. The smallest absolute Gasteiger partial charge is 0.228 e. The minimum Gasteiger partial charge on any atom is -0.461 e. The predicted molar refractivity (Wildman–Crippen MR) is 85.7 cm³/mol. The second-order valence-corrected chi connectivity index (χ2v) is 5.40. The number of hydrogen-bond acceptors (Lipinski definition) is 3. The van der Waals surface area contributed by atoms with Crippen molar-refractivity contribution in [3.8, 4) is 0 Å². The molecule has 0 spiro atoms. The van der Waals surface area contributed by atoms with Gasteiger partial charge in [0.2, 0.25) is 5.91 Å². The van der Waals surface area contributed by atoms with Crippen molar-refractivity contribution in [3.63, 3.8) is 0 Å². The Morgan fingerprint density at radius 2 is 2.10 bits per heavy atom. The lowest BCUT2D eigenvalue weighted by Crippen LogP contribution is -2.51. The van der Waals surface area contributed by atoms with E-state index in [9.17, 15) is 4.79 Å². The van der Waals surface area contributed by atoms with Crippen LogP contribution >= 0.6 is 12.4 Å². The Kier molecular flexibility index (Phi) is 4.91. The van der Waals surface area contributed by atoms with Crippen LogP contribution in [0.5, 0.6) is 0 Å². The minimum absolute atomic E-state index is 0. The zero-order valence-corrected chi connectivity index (χ0v) is 13.2. The van der Waals surface area contributed by atoms with Crippen LogP contribution in [-0.2, 0) is 17.8 Å². The number of nitrogens with one attached hydrogen (secondary N) is 1. The van der Waals surface area contributed by atoms with Gasteiger partial charge < -0.3 is 14.6 Å². The van der Waals surface area contributed by atoms with Crippen LogP contribution in [0.3, 0.4) is 0 Å². The molecule has 2 heterocycles. The third-order valence-electron chi connectivity index (χ3n) is 4.01. The van der Waals surface area contributed by atoms with Crippen molar-refractivity contribution in [1.29, 1.82) is 0 Å². The number of benzene rings is 1. The lowest BCUT2D eigenvalue weighted by Gasteiger charge is -2.30. The molecule has 0 bridgehead atoms. The number of amides is 1. The number of rotatable bonds is 4. The summed E-state index contributed by atoms with van der Waals surface area (Å²) < 4.78 is 5.88. The fraction of sp³-hybridized carbons (Fsp3) is 0.438. The van der Waals surface area contributed by atoms with Gasteiger partial charge in [-0.05, 0) is 6.07 Å². The van der Waals surface area contributed by atoms with E-state index < -0.39 is 0 Å². The third kappa shape index (κ3) is 2.92. The first-order valence-corrected chi connectivity index (χ1v) is 7.15. The molecular weight excluding hydrogens is 288 g/mol. The molecule has 1 N–H and O–H groups in total. The second kappa shape index (κ2) is 6.50. The van der Waals surface area contributed by atoms with E-state index in [2.05, 4.69) is 18.3 Å². The number of aryl methyl sites for hydroxylation is 1. The van der Waals surface area contributed by atoms with E-state index in [1.807, 2.05) is 30.1 Å². The van der Waals surface area contributed by atoms with Crippen molar-refractivity contribution in [2.45, 2.75) is 19.9 Å². The first-order chi connectivity index (χ1) is 9.70. The van der Waals surface area contributed by atoms with Gasteiger partial charge in [0.1, 0.15) is 11.3 Å². The Hall–Kier alpha value is -1.52. The zero-order chi connectivity index (χ0) is 14.1. The highest BCUT2D eigenvalue weighted by Crippen LogP contribution is 2.27. The van der Waals surface area contributed by atoms with E-state index in [-0.39, 0.29) is 24.2 Å². The van der Waals surface area contributed by atoms with Gasteiger partial charge in [0.15, 0.2) is 0 Å². The number of hydrogen-bond donors (Lipinski definition) is 1. The highest BCUT2D eigenvalue weighted by Gasteiger charge is 2.28.